The highest BCUT2D eigenvalue weighted by atomic mass is 19.3. The minimum atomic E-state index is -3.37. The van der Waals surface area contributed by atoms with Crippen LogP contribution in [0.1, 0.15) is 88.7 Å². The van der Waals surface area contributed by atoms with Crippen LogP contribution in [0.4, 0.5) is 22.0 Å². The highest BCUT2D eigenvalue weighted by Crippen LogP contribution is 2.42. The van der Waals surface area contributed by atoms with Crippen LogP contribution >= 0.6 is 0 Å². The molecule has 1 aliphatic heterocycles. The van der Waals surface area contributed by atoms with Crippen molar-refractivity contribution < 1.29 is 36.2 Å². The Balaban J connectivity index is 1.58. The molecular formula is C24H33F5O3. The highest BCUT2D eigenvalue weighted by Gasteiger charge is 2.46. The summed E-state index contributed by atoms with van der Waals surface area (Å²) in [5, 5.41) is 0. The van der Waals surface area contributed by atoms with E-state index in [1.54, 1.807) is 6.92 Å². The summed E-state index contributed by atoms with van der Waals surface area (Å²) >= 11 is 0. The molecule has 1 aromatic carbocycles. The molecule has 3 rings (SSSR count). The molecule has 0 N–H and O–H groups in total. The molecule has 2 atom stereocenters. The maximum atomic E-state index is 14.9. The predicted octanol–water partition coefficient (Wildman–Crippen LogP) is 7.39. The van der Waals surface area contributed by atoms with E-state index in [2.05, 4.69) is 6.92 Å². The Morgan fingerprint density at radius 1 is 1.06 bits per heavy atom. The van der Waals surface area contributed by atoms with Gasteiger partial charge in [0.1, 0.15) is 17.7 Å². The summed E-state index contributed by atoms with van der Waals surface area (Å²) in [6.45, 7) is 4.18. The molecule has 0 spiro atoms. The number of hydrogen-bond acceptors (Lipinski definition) is 3. The SMILES string of the molecule is CCCC1CCC(C(F)(F)OC2CCC(c3ccc(OCC)c(C(F)F)c3F)CC2)OC1. The lowest BCUT2D eigenvalue weighted by molar-refractivity contribution is -0.326. The van der Waals surface area contributed by atoms with Gasteiger partial charge in [0.05, 0.1) is 24.9 Å². The van der Waals surface area contributed by atoms with E-state index in [0.29, 0.717) is 44.6 Å². The van der Waals surface area contributed by atoms with Gasteiger partial charge < -0.3 is 14.2 Å². The van der Waals surface area contributed by atoms with Crippen molar-refractivity contribution in [3.63, 3.8) is 0 Å². The molecule has 32 heavy (non-hydrogen) atoms. The maximum absolute atomic E-state index is 14.9. The Bertz CT molecular complexity index is 727. The summed E-state index contributed by atoms with van der Waals surface area (Å²) in [7, 11) is 0. The van der Waals surface area contributed by atoms with Gasteiger partial charge in [-0.3, -0.25) is 0 Å². The summed E-state index contributed by atoms with van der Waals surface area (Å²) in [6, 6.07) is 2.83. The van der Waals surface area contributed by atoms with E-state index in [4.69, 9.17) is 14.2 Å². The van der Waals surface area contributed by atoms with Gasteiger partial charge in [0.2, 0.25) is 0 Å². The van der Waals surface area contributed by atoms with Gasteiger partial charge in [-0.2, -0.15) is 8.78 Å². The number of rotatable bonds is 9. The molecular weight excluding hydrogens is 431 g/mol. The van der Waals surface area contributed by atoms with Crippen LogP contribution in [0.15, 0.2) is 12.1 Å². The van der Waals surface area contributed by atoms with E-state index >= 15 is 0 Å². The molecule has 0 radical (unpaired) electrons. The standard InChI is InChI=1S/C24H33F5O3/c1-3-5-15-6-13-20(31-14-15)24(28,29)32-17-9-7-16(8-10-17)18-11-12-19(30-4-2)21(22(18)25)23(26)27/h11-12,15-17,20,23H,3-10,13-14H2,1-2H3. The van der Waals surface area contributed by atoms with Crippen molar-refractivity contribution >= 4 is 0 Å². The molecule has 1 aromatic rings. The third-order valence-corrected chi connectivity index (χ3v) is 6.57. The molecule has 8 heteroatoms. The van der Waals surface area contributed by atoms with E-state index in [1.165, 1.54) is 12.1 Å². The second-order valence-corrected chi connectivity index (χ2v) is 8.82. The van der Waals surface area contributed by atoms with Crippen molar-refractivity contribution in [3.05, 3.63) is 29.1 Å². The lowest BCUT2D eigenvalue weighted by Crippen LogP contribution is -2.45. The average molecular weight is 465 g/mol. The van der Waals surface area contributed by atoms with Gasteiger partial charge in [0.15, 0.2) is 0 Å². The molecule has 0 amide bonds. The van der Waals surface area contributed by atoms with E-state index in [9.17, 15) is 22.0 Å². The van der Waals surface area contributed by atoms with E-state index in [-0.39, 0.29) is 30.3 Å². The minimum Gasteiger partial charge on any atom is -0.493 e. The van der Waals surface area contributed by atoms with Gasteiger partial charge in [0.25, 0.3) is 6.43 Å². The van der Waals surface area contributed by atoms with Gasteiger partial charge in [-0.1, -0.05) is 19.4 Å². The van der Waals surface area contributed by atoms with E-state index in [0.717, 1.165) is 12.8 Å². The van der Waals surface area contributed by atoms with Crippen molar-refractivity contribution in [2.24, 2.45) is 5.92 Å². The van der Waals surface area contributed by atoms with Crippen LogP contribution in [0.5, 0.6) is 5.75 Å². The van der Waals surface area contributed by atoms with Crippen LogP contribution < -0.4 is 4.74 Å². The predicted molar refractivity (Wildman–Crippen MR) is 111 cm³/mol. The maximum Gasteiger partial charge on any atom is 0.382 e. The van der Waals surface area contributed by atoms with Crippen LogP contribution in [-0.2, 0) is 9.47 Å². The Morgan fingerprint density at radius 3 is 2.34 bits per heavy atom. The Hall–Kier alpha value is -1.41. The molecule has 2 unspecified atom stereocenters. The van der Waals surface area contributed by atoms with Gasteiger partial charge in [-0.05, 0) is 75.3 Å². The van der Waals surface area contributed by atoms with Crippen LogP contribution in [0.2, 0.25) is 0 Å². The molecule has 182 valence electrons. The van der Waals surface area contributed by atoms with Crippen molar-refractivity contribution in [2.75, 3.05) is 13.2 Å². The van der Waals surface area contributed by atoms with Crippen LogP contribution in [0.3, 0.4) is 0 Å². The number of benzene rings is 1. The first-order valence-corrected chi connectivity index (χ1v) is 11.7. The molecule has 1 heterocycles. The smallest absolute Gasteiger partial charge is 0.382 e. The Morgan fingerprint density at radius 2 is 1.78 bits per heavy atom. The van der Waals surface area contributed by atoms with Crippen molar-refractivity contribution in [1.29, 1.82) is 0 Å². The lowest BCUT2D eigenvalue weighted by Gasteiger charge is -2.37. The molecule has 0 aromatic heterocycles. The average Bonchev–Trinajstić information content (AvgIpc) is 2.75. The molecule has 2 aliphatic rings. The van der Waals surface area contributed by atoms with Gasteiger partial charge >= 0.3 is 6.11 Å². The zero-order valence-electron chi connectivity index (χ0n) is 18.7. The topological polar surface area (TPSA) is 27.7 Å². The molecule has 1 aliphatic carbocycles. The quantitative estimate of drug-likeness (QED) is 0.357. The Labute approximate surface area is 186 Å². The van der Waals surface area contributed by atoms with Crippen LogP contribution in [-0.4, -0.2) is 31.5 Å². The number of ether oxygens (including phenoxy) is 3. The van der Waals surface area contributed by atoms with E-state index < -0.39 is 36.1 Å². The minimum absolute atomic E-state index is 0.152. The normalized spacial score (nSPS) is 27.0. The molecule has 1 saturated carbocycles. The summed E-state index contributed by atoms with van der Waals surface area (Å²) in [4.78, 5) is 0. The van der Waals surface area contributed by atoms with Crippen molar-refractivity contribution in [1.82, 2.24) is 0 Å². The Kier molecular flexibility index (Phi) is 8.78. The molecule has 3 nitrogen and oxygen atoms in total. The zero-order chi connectivity index (χ0) is 23.3. The monoisotopic (exact) mass is 464 g/mol. The molecule has 0 bridgehead atoms. The largest absolute Gasteiger partial charge is 0.493 e. The third kappa shape index (κ3) is 5.93. The number of hydrogen-bond donors (Lipinski definition) is 0. The summed E-state index contributed by atoms with van der Waals surface area (Å²) in [5.74, 6) is -1.12. The highest BCUT2D eigenvalue weighted by molar-refractivity contribution is 5.41. The second-order valence-electron chi connectivity index (χ2n) is 8.82. The van der Waals surface area contributed by atoms with Crippen LogP contribution in [0.25, 0.3) is 0 Å². The fourth-order valence-corrected chi connectivity index (χ4v) is 4.89. The number of halogens is 5. The number of alkyl halides is 4. The molecule has 2 fully saturated rings. The van der Waals surface area contributed by atoms with Gasteiger partial charge in [-0.15, -0.1) is 0 Å². The second kappa shape index (κ2) is 11.1. The summed E-state index contributed by atoms with van der Waals surface area (Å²) in [6.07, 6.45) is -3.95. The molecule has 1 saturated heterocycles. The fourth-order valence-electron chi connectivity index (χ4n) is 4.89. The first-order valence-electron chi connectivity index (χ1n) is 11.7. The van der Waals surface area contributed by atoms with E-state index in [1.807, 2.05) is 0 Å². The van der Waals surface area contributed by atoms with Crippen molar-refractivity contribution in [2.45, 2.75) is 95.9 Å². The third-order valence-electron chi connectivity index (χ3n) is 6.57. The first-order chi connectivity index (χ1) is 15.3. The lowest BCUT2D eigenvalue weighted by atomic mass is 9.81. The first kappa shape index (κ1) is 25.2. The van der Waals surface area contributed by atoms with Crippen molar-refractivity contribution in [3.8, 4) is 5.75 Å². The van der Waals surface area contributed by atoms with Crippen LogP contribution in [0, 0.1) is 11.7 Å². The zero-order valence-corrected chi connectivity index (χ0v) is 18.7. The van der Waals surface area contributed by atoms with Gasteiger partial charge in [-0.25, -0.2) is 13.2 Å². The fraction of sp³-hybridized carbons (Fsp3) is 0.750. The van der Waals surface area contributed by atoms with Gasteiger partial charge in [0, 0.05) is 0 Å². The summed E-state index contributed by atoms with van der Waals surface area (Å²) in [5.41, 5.74) is -0.545. The summed E-state index contributed by atoms with van der Waals surface area (Å²) < 4.78 is 86.7.